The maximum atomic E-state index is 11.7. The Labute approximate surface area is 93.2 Å². The van der Waals surface area contributed by atoms with Crippen molar-refractivity contribution in [3.8, 4) is 5.88 Å². The van der Waals surface area contributed by atoms with Gasteiger partial charge in [0, 0.05) is 12.5 Å². The number of hydrogen-bond donors (Lipinski definition) is 1. The number of ether oxygens (including phenoxy) is 1. The second kappa shape index (κ2) is 4.01. The summed E-state index contributed by atoms with van der Waals surface area (Å²) in [6.45, 7) is 0. The zero-order valence-electron chi connectivity index (χ0n) is 8.68. The molecule has 0 aliphatic carbocycles. The van der Waals surface area contributed by atoms with Gasteiger partial charge in [0.2, 0.25) is 5.88 Å². The van der Waals surface area contributed by atoms with Crippen molar-refractivity contribution in [3.63, 3.8) is 0 Å². The molecule has 0 aliphatic heterocycles. The van der Waals surface area contributed by atoms with Gasteiger partial charge in [-0.25, -0.2) is 9.97 Å². The molecule has 16 heavy (non-hydrogen) atoms. The quantitative estimate of drug-likeness (QED) is 0.749. The highest BCUT2D eigenvalue weighted by molar-refractivity contribution is 7.84. The number of nitrogens with zero attached hydrogens (tertiary/aromatic N) is 2. The van der Waals surface area contributed by atoms with E-state index in [1.807, 2.05) is 0 Å². The molecule has 0 fully saturated rings. The van der Waals surface area contributed by atoms with E-state index in [0.29, 0.717) is 5.52 Å². The van der Waals surface area contributed by atoms with Crippen molar-refractivity contribution < 1.29 is 8.95 Å². The first-order valence-electron chi connectivity index (χ1n) is 4.40. The molecule has 2 rings (SSSR count). The number of aromatic nitrogens is 3. The average molecular weight is 239 g/mol. The Hall–Kier alpha value is -1.76. The molecule has 0 saturated heterocycles. The summed E-state index contributed by atoms with van der Waals surface area (Å²) >= 11 is 0. The molecule has 2 aromatic rings. The van der Waals surface area contributed by atoms with Crippen LogP contribution >= 0.6 is 0 Å². The van der Waals surface area contributed by atoms with Crippen LogP contribution in [0.25, 0.3) is 10.9 Å². The molecule has 2 heterocycles. The van der Waals surface area contributed by atoms with E-state index in [9.17, 15) is 9.00 Å². The third-order valence-electron chi connectivity index (χ3n) is 2.03. The fourth-order valence-electron chi connectivity index (χ4n) is 1.33. The van der Waals surface area contributed by atoms with Gasteiger partial charge in [0.15, 0.2) is 5.16 Å². The molecule has 0 radical (unpaired) electrons. The normalized spacial score (nSPS) is 12.6. The molecule has 0 saturated carbocycles. The van der Waals surface area contributed by atoms with Crippen LogP contribution in [0.4, 0.5) is 0 Å². The van der Waals surface area contributed by atoms with Crippen molar-refractivity contribution in [2.75, 3.05) is 13.4 Å². The van der Waals surface area contributed by atoms with Crippen LogP contribution in [0.15, 0.2) is 22.2 Å². The van der Waals surface area contributed by atoms with Crippen LogP contribution in [0.2, 0.25) is 0 Å². The van der Waals surface area contributed by atoms with Gasteiger partial charge in [-0.05, 0) is 6.07 Å². The van der Waals surface area contributed by atoms with E-state index in [1.165, 1.54) is 19.6 Å². The standard InChI is InChI=1S/C9H9N3O3S/c1-15-8-6-5(3-4-10-8)11-9(16(2)14)12-7(6)13/h3-4H,1-2H3,(H,11,12,13). The summed E-state index contributed by atoms with van der Waals surface area (Å²) in [4.78, 5) is 22.1. The van der Waals surface area contributed by atoms with Crippen molar-refractivity contribution >= 4 is 21.7 Å². The molecule has 1 unspecified atom stereocenters. The molecule has 0 amide bonds. The fraction of sp³-hybridized carbons (Fsp3) is 0.222. The average Bonchev–Trinajstić information content (AvgIpc) is 2.27. The molecular formula is C9H9N3O3S. The predicted molar refractivity (Wildman–Crippen MR) is 59.0 cm³/mol. The van der Waals surface area contributed by atoms with E-state index in [-0.39, 0.29) is 16.4 Å². The van der Waals surface area contributed by atoms with Gasteiger partial charge in [-0.15, -0.1) is 0 Å². The topological polar surface area (TPSA) is 84.9 Å². The van der Waals surface area contributed by atoms with Crippen LogP contribution < -0.4 is 10.3 Å². The van der Waals surface area contributed by atoms with Crippen LogP contribution in [0, 0.1) is 0 Å². The molecule has 1 atom stereocenters. The van der Waals surface area contributed by atoms with Crippen molar-refractivity contribution in [2.45, 2.75) is 5.16 Å². The first-order valence-corrected chi connectivity index (χ1v) is 5.95. The van der Waals surface area contributed by atoms with Crippen LogP contribution in [0.1, 0.15) is 0 Å². The van der Waals surface area contributed by atoms with Gasteiger partial charge in [0.1, 0.15) is 5.39 Å². The lowest BCUT2D eigenvalue weighted by Crippen LogP contribution is -2.13. The van der Waals surface area contributed by atoms with Gasteiger partial charge in [-0.1, -0.05) is 0 Å². The fourth-order valence-corrected chi connectivity index (χ4v) is 1.79. The van der Waals surface area contributed by atoms with Crippen LogP contribution in [0.3, 0.4) is 0 Å². The number of rotatable bonds is 2. The minimum atomic E-state index is -1.33. The Morgan fingerprint density at radius 1 is 1.50 bits per heavy atom. The smallest absolute Gasteiger partial charge is 0.265 e. The minimum Gasteiger partial charge on any atom is -0.480 e. The molecule has 6 nitrogen and oxygen atoms in total. The lowest BCUT2D eigenvalue weighted by molar-refractivity contribution is 0.403. The number of pyridine rings is 1. The molecule has 0 bridgehead atoms. The van der Waals surface area contributed by atoms with Gasteiger partial charge in [0.25, 0.3) is 5.56 Å². The zero-order chi connectivity index (χ0) is 11.7. The van der Waals surface area contributed by atoms with Gasteiger partial charge < -0.3 is 4.74 Å². The lowest BCUT2D eigenvalue weighted by atomic mass is 10.3. The number of hydrogen-bond acceptors (Lipinski definition) is 5. The van der Waals surface area contributed by atoms with Crippen LogP contribution in [-0.2, 0) is 10.8 Å². The highest BCUT2D eigenvalue weighted by Gasteiger charge is 2.11. The van der Waals surface area contributed by atoms with Gasteiger partial charge in [-0.2, -0.15) is 0 Å². The van der Waals surface area contributed by atoms with E-state index in [4.69, 9.17) is 4.74 Å². The highest BCUT2D eigenvalue weighted by Crippen LogP contribution is 2.16. The van der Waals surface area contributed by atoms with Crippen molar-refractivity contribution in [1.29, 1.82) is 0 Å². The summed E-state index contributed by atoms with van der Waals surface area (Å²) in [6, 6.07) is 1.57. The summed E-state index contributed by atoms with van der Waals surface area (Å²) < 4.78 is 16.2. The first-order chi connectivity index (χ1) is 7.63. The van der Waals surface area contributed by atoms with Gasteiger partial charge >= 0.3 is 0 Å². The molecule has 2 aromatic heterocycles. The van der Waals surface area contributed by atoms with E-state index < -0.39 is 16.4 Å². The van der Waals surface area contributed by atoms with Crippen molar-refractivity contribution in [1.82, 2.24) is 15.0 Å². The Bertz CT molecular complexity index is 623. The molecule has 0 aliphatic rings. The van der Waals surface area contributed by atoms with Gasteiger partial charge in [0.05, 0.1) is 23.4 Å². The van der Waals surface area contributed by atoms with E-state index >= 15 is 0 Å². The Balaban J connectivity index is 2.86. The third-order valence-corrected chi connectivity index (χ3v) is 2.77. The Morgan fingerprint density at radius 2 is 2.25 bits per heavy atom. The van der Waals surface area contributed by atoms with E-state index in [2.05, 4.69) is 15.0 Å². The highest BCUT2D eigenvalue weighted by atomic mass is 32.2. The number of aromatic amines is 1. The number of fused-ring (bicyclic) bond motifs is 1. The third kappa shape index (κ3) is 1.69. The lowest BCUT2D eigenvalue weighted by Gasteiger charge is -2.03. The van der Waals surface area contributed by atoms with E-state index in [0.717, 1.165) is 0 Å². The van der Waals surface area contributed by atoms with E-state index in [1.54, 1.807) is 6.07 Å². The summed E-state index contributed by atoms with van der Waals surface area (Å²) in [6.07, 6.45) is 2.93. The first kappa shape index (κ1) is 10.7. The van der Waals surface area contributed by atoms with Crippen LogP contribution in [0.5, 0.6) is 5.88 Å². The SMILES string of the molecule is COc1nccc2nc(S(C)=O)[nH]c(=O)c12. The summed E-state index contributed by atoms with van der Waals surface area (Å²) in [5, 5.41) is 0.407. The Kier molecular flexibility index (Phi) is 2.69. The van der Waals surface area contributed by atoms with Crippen LogP contribution in [-0.4, -0.2) is 32.5 Å². The van der Waals surface area contributed by atoms with Crippen molar-refractivity contribution in [3.05, 3.63) is 22.6 Å². The molecule has 7 heteroatoms. The summed E-state index contributed by atoms with van der Waals surface area (Å²) in [5.41, 5.74) is 0.0148. The second-order valence-corrected chi connectivity index (χ2v) is 4.33. The van der Waals surface area contributed by atoms with Crippen molar-refractivity contribution in [2.24, 2.45) is 0 Å². The summed E-state index contributed by atoms with van der Waals surface area (Å²) in [7, 11) is 0.0920. The Morgan fingerprint density at radius 3 is 2.88 bits per heavy atom. The number of methoxy groups -OCH3 is 1. The molecule has 84 valence electrons. The maximum absolute atomic E-state index is 11.7. The number of H-pyrrole nitrogens is 1. The maximum Gasteiger partial charge on any atom is 0.265 e. The van der Waals surface area contributed by atoms with Gasteiger partial charge in [-0.3, -0.25) is 14.0 Å². The minimum absolute atomic E-state index is 0.144. The second-order valence-electron chi connectivity index (χ2n) is 3.04. The molecule has 1 N–H and O–H groups in total. The predicted octanol–water partition coefficient (Wildman–Crippen LogP) is 0.0641. The summed E-state index contributed by atoms with van der Waals surface area (Å²) in [5.74, 6) is 0.208. The largest absolute Gasteiger partial charge is 0.480 e. The molecular weight excluding hydrogens is 230 g/mol. The molecule has 0 aromatic carbocycles. The zero-order valence-corrected chi connectivity index (χ0v) is 9.50. The monoisotopic (exact) mass is 239 g/mol. The number of nitrogens with one attached hydrogen (secondary N) is 1. The molecule has 0 spiro atoms.